The van der Waals surface area contributed by atoms with E-state index in [1.54, 1.807) is 0 Å². The highest BCUT2D eigenvalue weighted by molar-refractivity contribution is 7.89. The number of halogens is 3. The molecular weight excluding hydrogens is 441 g/mol. The highest BCUT2D eigenvalue weighted by atomic mass is 32.2. The molecule has 31 heavy (non-hydrogen) atoms. The molecule has 0 saturated carbocycles. The molecule has 1 aliphatic rings. The van der Waals surface area contributed by atoms with Crippen molar-refractivity contribution in [2.45, 2.75) is 29.8 Å². The maximum atomic E-state index is 12.8. The van der Waals surface area contributed by atoms with Gasteiger partial charge in [-0.2, -0.15) is 13.2 Å². The minimum Gasteiger partial charge on any atom is -0.465 e. The summed E-state index contributed by atoms with van der Waals surface area (Å²) in [6, 6.07) is 11.2. The smallest absolute Gasteiger partial charge is 0.458 e. The summed E-state index contributed by atoms with van der Waals surface area (Å²) in [6.07, 6.45) is -5.86. The van der Waals surface area contributed by atoms with Crippen LogP contribution in [0.1, 0.15) is 27.9 Å². The number of benzene rings is 2. The van der Waals surface area contributed by atoms with E-state index in [4.69, 9.17) is 0 Å². The summed E-state index contributed by atoms with van der Waals surface area (Å²) in [5, 5.41) is 12.8. The summed E-state index contributed by atoms with van der Waals surface area (Å²) in [6.45, 7) is -0.111. The number of nitrogens with one attached hydrogen (secondary N) is 1. The lowest BCUT2D eigenvalue weighted by Gasteiger charge is -2.22. The molecule has 1 unspecified atom stereocenters. The van der Waals surface area contributed by atoms with E-state index in [2.05, 4.69) is 19.5 Å². The zero-order valence-corrected chi connectivity index (χ0v) is 16.8. The average molecular weight is 458 g/mol. The first kappa shape index (κ1) is 22.7. The molecule has 0 radical (unpaired) electrons. The molecule has 2 N–H and O–H groups in total. The third-order valence-corrected chi connectivity index (χ3v) is 5.87. The van der Waals surface area contributed by atoms with Crippen molar-refractivity contribution in [3.63, 3.8) is 0 Å². The first-order chi connectivity index (χ1) is 14.4. The number of aliphatic hydroxyl groups is 1. The highest BCUT2D eigenvalue weighted by Gasteiger charge is 2.60. The Bertz CT molecular complexity index is 1120. The van der Waals surface area contributed by atoms with Gasteiger partial charge in [0.2, 0.25) is 10.0 Å². The number of ether oxygens (including phenoxy) is 1. The summed E-state index contributed by atoms with van der Waals surface area (Å²) in [5.41, 5.74) is 0.791. The molecule has 0 fully saturated rings. The summed E-state index contributed by atoms with van der Waals surface area (Å²) < 4.78 is 70.3. The second kappa shape index (κ2) is 8.29. The quantitative estimate of drug-likeness (QED) is 0.643. The number of nitrogens with zero attached hydrogens (tertiary/aromatic N) is 1. The molecule has 1 heterocycles. The van der Waals surface area contributed by atoms with E-state index >= 15 is 0 Å². The lowest BCUT2D eigenvalue weighted by molar-refractivity contribution is -0.355. The lowest BCUT2D eigenvalue weighted by atomic mass is 10.0. The van der Waals surface area contributed by atoms with Crippen LogP contribution >= 0.6 is 0 Å². The van der Waals surface area contributed by atoms with Crippen LogP contribution in [0.3, 0.4) is 0 Å². The van der Waals surface area contributed by atoms with Crippen molar-refractivity contribution < 1.29 is 41.1 Å². The normalized spacial score (nSPS) is 18.9. The van der Waals surface area contributed by atoms with Crippen molar-refractivity contribution in [1.82, 2.24) is 4.72 Å². The minimum absolute atomic E-state index is 0.0769. The van der Waals surface area contributed by atoms with Crippen LogP contribution in [0.4, 0.5) is 13.2 Å². The summed E-state index contributed by atoms with van der Waals surface area (Å²) in [4.78, 5) is 15.6. The molecule has 1 aliphatic heterocycles. The minimum atomic E-state index is -5.00. The van der Waals surface area contributed by atoms with Gasteiger partial charge in [0.05, 0.1) is 29.7 Å². The molecular formula is C19H17F3N2O6S. The second-order valence-corrected chi connectivity index (χ2v) is 8.40. The van der Waals surface area contributed by atoms with Gasteiger partial charge in [-0.15, -0.1) is 0 Å². The Hall–Kier alpha value is -2.96. The van der Waals surface area contributed by atoms with E-state index in [0.717, 1.165) is 0 Å². The van der Waals surface area contributed by atoms with Crippen molar-refractivity contribution >= 4 is 21.7 Å². The Balaban J connectivity index is 1.67. The lowest BCUT2D eigenvalue weighted by Crippen LogP contribution is -2.45. The van der Waals surface area contributed by atoms with Crippen molar-refractivity contribution in [1.29, 1.82) is 0 Å². The van der Waals surface area contributed by atoms with E-state index < -0.39 is 34.4 Å². The Morgan fingerprint density at radius 1 is 1.26 bits per heavy atom. The molecule has 166 valence electrons. The molecule has 12 heteroatoms. The fourth-order valence-electron chi connectivity index (χ4n) is 2.71. The fraction of sp³-hybridized carbons (Fsp3) is 0.263. The molecule has 0 aliphatic carbocycles. The summed E-state index contributed by atoms with van der Waals surface area (Å²) in [5.74, 6) is -4.04. The van der Waals surface area contributed by atoms with Gasteiger partial charge in [0.15, 0.2) is 0 Å². The number of alkyl halides is 3. The van der Waals surface area contributed by atoms with E-state index in [0.29, 0.717) is 5.56 Å². The average Bonchev–Trinajstić information content (AvgIpc) is 3.16. The Morgan fingerprint density at radius 2 is 1.94 bits per heavy atom. The van der Waals surface area contributed by atoms with Gasteiger partial charge < -0.3 is 14.7 Å². The van der Waals surface area contributed by atoms with Crippen LogP contribution in [-0.2, 0) is 26.1 Å². The summed E-state index contributed by atoms with van der Waals surface area (Å²) in [7, 11) is -2.76. The number of esters is 1. The number of oxime groups is 1. The Morgan fingerprint density at radius 3 is 2.52 bits per heavy atom. The molecule has 0 amide bonds. The maximum Gasteiger partial charge on any atom is 0.458 e. The van der Waals surface area contributed by atoms with Crippen LogP contribution in [0.15, 0.2) is 58.6 Å². The number of methoxy groups -OCH3 is 1. The van der Waals surface area contributed by atoms with Gasteiger partial charge in [-0.25, -0.2) is 17.9 Å². The molecule has 0 spiro atoms. The van der Waals surface area contributed by atoms with Gasteiger partial charge in [0, 0.05) is 6.54 Å². The van der Waals surface area contributed by atoms with Gasteiger partial charge in [-0.05, 0) is 29.3 Å². The van der Waals surface area contributed by atoms with Crippen molar-refractivity contribution in [3.8, 4) is 0 Å². The number of hydrogen-bond acceptors (Lipinski definition) is 7. The van der Waals surface area contributed by atoms with Crippen LogP contribution in [0, 0.1) is 0 Å². The number of carbonyl (C=O) groups is 1. The van der Waals surface area contributed by atoms with Crippen LogP contribution in [0.2, 0.25) is 0 Å². The van der Waals surface area contributed by atoms with Crippen LogP contribution < -0.4 is 4.72 Å². The third kappa shape index (κ3) is 4.86. The third-order valence-electron chi connectivity index (χ3n) is 4.48. The van der Waals surface area contributed by atoms with Gasteiger partial charge >= 0.3 is 17.9 Å². The number of hydrogen-bond donors (Lipinski definition) is 2. The molecule has 1 atom stereocenters. The number of carbonyl (C=O) groups excluding carboxylic acids is 1. The topological polar surface area (TPSA) is 114 Å². The molecule has 3 rings (SSSR count). The predicted molar refractivity (Wildman–Crippen MR) is 101 cm³/mol. The van der Waals surface area contributed by atoms with E-state index in [1.165, 1.54) is 55.6 Å². The molecule has 0 saturated heterocycles. The number of sulfonamides is 1. The zero-order chi connectivity index (χ0) is 22.9. The SMILES string of the molecule is COC(=O)c1cccc(S(=O)(=O)NCc2ccc(C3=NOC(O)(C(F)(F)F)C3)cc2)c1. The standard InChI is InChI=1S/C19H17F3N2O6S/c1-29-17(25)14-3-2-4-15(9-14)31(27,28)23-11-12-5-7-13(8-6-12)16-10-18(26,30-24-16)19(20,21)22/h2-9,23,26H,10-11H2,1H3. The first-order valence-corrected chi connectivity index (χ1v) is 10.2. The largest absolute Gasteiger partial charge is 0.465 e. The molecule has 0 bridgehead atoms. The van der Waals surface area contributed by atoms with Gasteiger partial charge in [0.1, 0.15) is 0 Å². The molecule has 0 aromatic heterocycles. The zero-order valence-electron chi connectivity index (χ0n) is 16.0. The van der Waals surface area contributed by atoms with Crippen molar-refractivity contribution in [2.75, 3.05) is 7.11 Å². The van der Waals surface area contributed by atoms with Gasteiger partial charge in [-0.1, -0.05) is 35.5 Å². The van der Waals surface area contributed by atoms with Crippen LogP contribution in [-0.4, -0.2) is 44.3 Å². The first-order valence-electron chi connectivity index (χ1n) is 8.77. The molecule has 2 aromatic rings. The molecule has 8 nitrogen and oxygen atoms in total. The predicted octanol–water partition coefficient (Wildman–Crippen LogP) is 2.33. The van der Waals surface area contributed by atoms with Crippen molar-refractivity contribution in [2.24, 2.45) is 5.16 Å². The van der Waals surface area contributed by atoms with Gasteiger partial charge in [0.25, 0.3) is 0 Å². The van der Waals surface area contributed by atoms with E-state index in [1.807, 2.05) is 0 Å². The second-order valence-electron chi connectivity index (χ2n) is 6.63. The number of rotatable bonds is 6. The highest BCUT2D eigenvalue weighted by Crippen LogP contribution is 2.38. The Kier molecular flexibility index (Phi) is 6.07. The Labute approximate surface area is 175 Å². The molecule has 2 aromatic carbocycles. The van der Waals surface area contributed by atoms with E-state index in [-0.39, 0.29) is 28.3 Å². The van der Waals surface area contributed by atoms with Crippen LogP contribution in [0.25, 0.3) is 0 Å². The van der Waals surface area contributed by atoms with Gasteiger partial charge in [-0.3, -0.25) is 0 Å². The summed E-state index contributed by atoms with van der Waals surface area (Å²) >= 11 is 0. The maximum absolute atomic E-state index is 12.8. The van der Waals surface area contributed by atoms with Crippen molar-refractivity contribution in [3.05, 3.63) is 65.2 Å². The van der Waals surface area contributed by atoms with Crippen LogP contribution in [0.5, 0.6) is 0 Å². The van der Waals surface area contributed by atoms with E-state index in [9.17, 15) is 31.5 Å². The monoisotopic (exact) mass is 458 g/mol. The fourth-order valence-corrected chi connectivity index (χ4v) is 3.78.